The number of rotatable bonds is 4. The van der Waals surface area contributed by atoms with Gasteiger partial charge in [-0.05, 0) is 5.56 Å². The monoisotopic (exact) mass is 207 g/mol. The highest BCUT2D eigenvalue weighted by Crippen LogP contribution is 2.24. The summed E-state index contributed by atoms with van der Waals surface area (Å²) in [4.78, 5) is 21.4. The van der Waals surface area contributed by atoms with Crippen LogP contribution in [0.25, 0.3) is 0 Å². The summed E-state index contributed by atoms with van der Waals surface area (Å²) in [6, 6.07) is 9.03. The first-order valence-corrected chi connectivity index (χ1v) is 4.61. The van der Waals surface area contributed by atoms with E-state index in [4.69, 9.17) is 10.5 Å². The maximum Gasteiger partial charge on any atom is 0.405 e. The Hall–Kier alpha value is -1.84. The van der Waals surface area contributed by atoms with E-state index in [1.807, 2.05) is 18.2 Å². The molecular formula is C11H13NO3. The van der Waals surface area contributed by atoms with Crippen LogP contribution in [-0.2, 0) is 9.53 Å². The number of carbonyl (C=O) groups is 2. The van der Waals surface area contributed by atoms with Crippen molar-refractivity contribution in [3.05, 3.63) is 35.9 Å². The van der Waals surface area contributed by atoms with E-state index < -0.39 is 18.1 Å². The lowest BCUT2D eigenvalue weighted by Crippen LogP contribution is -2.22. The fourth-order valence-electron chi connectivity index (χ4n) is 1.32. The summed E-state index contributed by atoms with van der Waals surface area (Å²) in [6.07, 6.45) is -0.751. The molecule has 0 spiro atoms. The van der Waals surface area contributed by atoms with E-state index >= 15 is 0 Å². The van der Waals surface area contributed by atoms with Gasteiger partial charge in [-0.1, -0.05) is 37.3 Å². The van der Waals surface area contributed by atoms with Gasteiger partial charge in [0, 0.05) is 0 Å². The van der Waals surface area contributed by atoms with Crippen LogP contribution in [0.1, 0.15) is 18.6 Å². The maximum absolute atomic E-state index is 10.7. The highest BCUT2D eigenvalue weighted by molar-refractivity contribution is 5.66. The summed E-state index contributed by atoms with van der Waals surface area (Å²) in [7, 11) is 0. The van der Waals surface area contributed by atoms with Crippen LogP contribution in [0.3, 0.4) is 0 Å². The zero-order valence-corrected chi connectivity index (χ0v) is 8.42. The topological polar surface area (TPSA) is 69.4 Å². The van der Waals surface area contributed by atoms with Crippen LogP contribution in [0.2, 0.25) is 0 Å². The van der Waals surface area contributed by atoms with Gasteiger partial charge in [-0.3, -0.25) is 0 Å². The molecule has 1 aromatic rings. The zero-order chi connectivity index (χ0) is 11.3. The molecule has 0 heterocycles. The molecule has 0 aliphatic carbocycles. The normalized spacial score (nSPS) is 13.9. The fourth-order valence-corrected chi connectivity index (χ4v) is 1.32. The molecule has 4 nitrogen and oxygen atoms in total. The lowest BCUT2D eigenvalue weighted by atomic mass is 9.99. The van der Waals surface area contributed by atoms with Gasteiger partial charge in [-0.25, -0.2) is 4.79 Å². The number of hydrogen-bond acceptors (Lipinski definition) is 3. The molecule has 1 amide bonds. The molecule has 80 valence electrons. The van der Waals surface area contributed by atoms with Gasteiger partial charge in [0.1, 0.15) is 12.4 Å². The van der Waals surface area contributed by atoms with Gasteiger partial charge >= 0.3 is 6.09 Å². The van der Waals surface area contributed by atoms with E-state index in [0.29, 0.717) is 0 Å². The number of benzene rings is 1. The molecule has 0 radical (unpaired) electrons. The molecule has 0 aliphatic rings. The van der Waals surface area contributed by atoms with Gasteiger partial charge in [0.05, 0.1) is 5.92 Å². The van der Waals surface area contributed by atoms with Crippen molar-refractivity contribution < 1.29 is 14.3 Å². The highest BCUT2D eigenvalue weighted by Gasteiger charge is 2.21. The van der Waals surface area contributed by atoms with Crippen molar-refractivity contribution in [3.8, 4) is 0 Å². The van der Waals surface area contributed by atoms with Gasteiger partial charge in [0.15, 0.2) is 0 Å². The average molecular weight is 207 g/mol. The third-order valence-electron chi connectivity index (χ3n) is 2.06. The van der Waals surface area contributed by atoms with Gasteiger partial charge in [0.2, 0.25) is 0 Å². The summed E-state index contributed by atoms with van der Waals surface area (Å²) in [5.74, 6) is -0.417. The van der Waals surface area contributed by atoms with Crippen LogP contribution in [0.15, 0.2) is 30.3 Å². The lowest BCUT2D eigenvalue weighted by molar-refractivity contribution is -0.113. The summed E-state index contributed by atoms with van der Waals surface area (Å²) >= 11 is 0. The largest absolute Gasteiger partial charge is 0.441 e. The highest BCUT2D eigenvalue weighted by atomic mass is 16.6. The van der Waals surface area contributed by atoms with Crippen LogP contribution in [0.5, 0.6) is 0 Å². The summed E-state index contributed by atoms with van der Waals surface area (Å²) in [6.45, 7) is 1.67. The molecule has 0 saturated carbocycles. The Kier molecular flexibility index (Phi) is 3.85. The van der Waals surface area contributed by atoms with Gasteiger partial charge in [0.25, 0.3) is 0 Å². The first-order chi connectivity index (χ1) is 7.15. The first kappa shape index (κ1) is 11.2. The Morgan fingerprint density at radius 2 is 2.00 bits per heavy atom. The van der Waals surface area contributed by atoms with Crippen molar-refractivity contribution in [1.29, 1.82) is 0 Å². The molecule has 0 aliphatic heterocycles. The Labute approximate surface area is 88.0 Å². The quantitative estimate of drug-likeness (QED) is 0.763. The van der Waals surface area contributed by atoms with E-state index in [1.54, 1.807) is 19.1 Å². The predicted molar refractivity (Wildman–Crippen MR) is 55.1 cm³/mol. The Bertz CT molecular complexity index is 337. The lowest BCUT2D eigenvalue weighted by Gasteiger charge is -2.19. The van der Waals surface area contributed by atoms with E-state index in [2.05, 4.69) is 0 Å². The second-order valence-corrected chi connectivity index (χ2v) is 3.26. The predicted octanol–water partition coefficient (Wildman–Crippen LogP) is 1.66. The minimum Gasteiger partial charge on any atom is -0.441 e. The molecule has 0 saturated heterocycles. The number of amides is 1. The number of ether oxygens (including phenoxy) is 1. The Morgan fingerprint density at radius 1 is 1.40 bits per heavy atom. The van der Waals surface area contributed by atoms with E-state index in [1.165, 1.54) is 0 Å². The summed E-state index contributed by atoms with van der Waals surface area (Å²) < 4.78 is 4.90. The standard InChI is InChI=1S/C11H13NO3/c1-8(7-13)10(15-11(12)14)9-5-3-2-4-6-9/h2-8,10H,1H3,(H2,12,14). The minimum absolute atomic E-state index is 0.417. The molecule has 2 atom stereocenters. The van der Waals surface area contributed by atoms with E-state index in [-0.39, 0.29) is 0 Å². The maximum atomic E-state index is 10.7. The molecule has 0 aromatic heterocycles. The van der Waals surface area contributed by atoms with Gasteiger partial charge < -0.3 is 15.3 Å². The number of primary amides is 1. The third-order valence-corrected chi connectivity index (χ3v) is 2.06. The molecule has 1 aromatic carbocycles. The number of nitrogens with two attached hydrogens (primary N) is 1. The van der Waals surface area contributed by atoms with E-state index in [9.17, 15) is 9.59 Å². The van der Waals surface area contributed by atoms with Crippen molar-refractivity contribution in [2.75, 3.05) is 0 Å². The molecule has 0 fully saturated rings. The van der Waals surface area contributed by atoms with Crippen molar-refractivity contribution in [3.63, 3.8) is 0 Å². The van der Waals surface area contributed by atoms with Crippen molar-refractivity contribution >= 4 is 12.4 Å². The Morgan fingerprint density at radius 3 is 2.47 bits per heavy atom. The molecule has 2 N–H and O–H groups in total. The third kappa shape index (κ3) is 3.09. The SMILES string of the molecule is CC(C=O)C(OC(N)=O)c1ccccc1. The smallest absolute Gasteiger partial charge is 0.405 e. The summed E-state index contributed by atoms with van der Waals surface area (Å²) in [5, 5.41) is 0. The molecular weight excluding hydrogens is 194 g/mol. The van der Waals surface area contributed by atoms with Crippen molar-refractivity contribution in [2.24, 2.45) is 11.7 Å². The number of aldehydes is 1. The zero-order valence-electron chi connectivity index (χ0n) is 8.42. The second-order valence-electron chi connectivity index (χ2n) is 3.26. The number of hydrogen-bond donors (Lipinski definition) is 1. The van der Waals surface area contributed by atoms with Crippen LogP contribution >= 0.6 is 0 Å². The van der Waals surface area contributed by atoms with Crippen molar-refractivity contribution in [1.82, 2.24) is 0 Å². The van der Waals surface area contributed by atoms with E-state index in [0.717, 1.165) is 11.8 Å². The molecule has 0 bridgehead atoms. The summed E-state index contributed by atoms with van der Waals surface area (Å²) in [5.41, 5.74) is 5.71. The molecule has 2 unspecified atom stereocenters. The van der Waals surface area contributed by atoms with Gasteiger partial charge in [-0.2, -0.15) is 0 Å². The average Bonchev–Trinajstić information content (AvgIpc) is 2.26. The minimum atomic E-state index is -0.877. The van der Waals surface area contributed by atoms with Crippen molar-refractivity contribution in [2.45, 2.75) is 13.0 Å². The van der Waals surface area contributed by atoms with Gasteiger partial charge in [-0.15, -0.1) is 0 Å². The fraction of sp³-hybridized carbons (Fsp3) is 0.273. The number of carbonyl (C=O) groups excluding carboxylic acids is 2. The molecule has 1 rings (SSSR count). The van der Waals surface area contributed by atoms with Crippen LogP contribution in [-0.4, -0.2) is 12.4 Å². The molecule has 15 heavy (non-hydrogen) atoms. The molecule has 4 heteroatoms. The van der Waals surface area contributed by atoms with Crippen LogP contribution < -0.4 is 5.73 Å². The van der Waals surface area contributed by atoms with Crippen LogP contribution in [0, 0.1) is 5.92 Å². The second kappa shape index (κ2) is 5.14. The Balaban J connectivity index is 2.90. The first-order valence-electron chi connectivity index (χ1n) is 4.61. The van der Waals surface area contributed by atoms with Crippen LogP contribution in [0.4, 0.5) is 4.79 Å².